The van der Waals surface area contributed by atoms with Crippen LogP contribution in [0.3, 0.4) is 0 Å². The number of aromatic nitrogens is 2. The maximum absolute atomic E-state index is 12.9. The highest BCUT2D eigenvalue weighted by Gasteiger charge is 2.09. The van der Waals surface area contributed by atoms with Crippen LogP contribution in [0.25, 0.3) is 10.9 Å². The molecule has 0 fully saturated rings. The Balaban J connectivity index is 1.52. The van der Waals surface area contributed by atoms with Crippen molar-refractivity contribution < 1.29 is 4.79 Å². The number of fused-ring (bicyclic) bond motifs is 1. The molecule has 2 N–H and O–H groups in total. The number of benzene rings is 3. The third-order valence-corrected chi connectivity index (χ3v) is 5.61. The third-order valence-electron chi connectivity index (χ3n) is 4.80. The van der Waals surface area contributed by atoms with Crippen molar-refractivity contribution in [1.29, 1.82) is 0 Å². The van der Waals surface area contributed by atoms with Gasteiger partial charge in [0, 0.05) is 16.6 Å². The van der Waals surface area contributed by atoms with E-state index in [0.717, 1.165) is 15.6 Å². The monoisotopic (exact) mass is 479 g/mol. The van der Waals surface area contributed by atoms with Gasteiger partial charge in [-0.15, -0.1) is 0 Å². The van der Waals surface area contributed by atoms with Gasteiger partial charge in [0.2, 0.25) is 0 Å². The number of nitrogens with zero attached hydrogens (tertiary/aromatic N) is 1. The van der Waals surface area contributed by atoms with Gasteiger partial charge in [-0.3, -0.25) is 14.2 Å². The highest BCUT2D eigenvalue weighted by atomic mass is 79.9. The molecule has 1 amide bonds. The van der Waals surface area contributed by atoms with Gasteiger partial charge in [-0.1, -0.05) is 58.4 Å². The van der Waals surface area contributed by atoms with E-state index in [1.54, 1.807) is 18.2 Å². The summed E-state index contributed by atoms with van der Waals surface area (Å²) in [5.41, 5.74) is 3.04. The molecule has 0 spiro atoms. The van der Waals surface area contributed by atoms with Crippen molar-refractivity contribution in [2.75, 3.05) is 0 Å². The number of halogens is 1. The van der Waals surface area contributed by atoms with E-state index in [9.17, 15) is 9.59 Å². The number of hydrogen-bond acceptors (Lipinski definition) is 3. The van der Waals surface area contributed by atoms with Crippen molar-refractivity contribution in [3.63, 3.8) is 0 Å². The second kappa shape index (κ2) is 8.77. The third kappa shape index (κ3) is 4.42. The first kappa shape index (κ1) is 20.3. The van der Waals surface area contributed by atoms with Crippen molar-refractivity contribution in [3.05, 3.63) is 109 Å². The highest BCUT2D eigenvalue weighted by Crippen LogP contribution is 2.16. The number of carbonyl (C=O) groups is 1. The van der Waals surface area contributed by atoms with Gasteiger partial charge in [-0.05, 0) is 53.7 Å². The van der Waals surface area contributed by atoms with Gasteiger partial charge in [0.15, 0.2) is 4.77 Å². The Morgan fingerprint density at radius 2 is 1.73 bits per heavy atom. The van der Waals surface area contributed by atoms with E-state index in [4.69, 9.17) is 12.2 Å². The molecule has 1 heterocycles. The molecule has 0 unspecified atom stereocenters. The normalized spacial score (nSPS) is 10.8. The molecule has 0 atom stereocenters. The zero-order valence-electron chi connectivity index (χ0n) is 15.9. The number of rotatable bonds is 5. The van der Waals surface area contributed by atoms with E-state index >= 15 is 0 Å². The van der Waals surface area contributed by atoms with Gasteiger partial charge >= 0.3 is 0 Å². The van der Waals surface area contributed by atoms with Crippen LogP contribution in [0, 0.1) is 4.77 Å². The minimum Gasteiger partial charge on any atom is -0.348 e. The predicted octanol–water partition coefficient (Wildman–Crippen LogP) is 4.80. The summed E-state index contributed by atoms with van der Waals surface area (Å²) < 4.78 is 2.71. The lowest BCUT2D eigenvalue weighted by Crippen LogP contribution is -2.23. The van der Waals surface area contributed by atoms with Crippen molar-refractivity contribution in [1.82, 2.24) is 14.9 Å². The molecule has 30 heavy (non-hydrogen) atoms. The molecule has 150 valence electrons. The fraction of sp³-hybridized carbons (Fsp3) is 0.0870. The SMILES string of the molecule is O=C(NCc1ccccc1)c1ccc(Cn2c(=S)[nH]c3ccc(Br)cc3c2=O)cc1. The van der Waals surface area contributed by atoms with Crippen LogP contribution < -0.4 is 10.9 Å². The van der Waals surface area contributed by atoms with Crippen LogP contribution in [-0.2, 0) is 13.1 Å². The van der Waals surface area contributed by atoms with E-state index in [1.165, 1.54) is 4.57 Å². The number of carbonyl (C=O) groups excluding carboxylic acids is 1. The van der Waals surface area contributed by atoms with E-state index in [2.05, 4.69) is 26.2 Å². The summed E-state index contributed by atoms with van der Waals surface area (Å²) in [6.45, 7) is 0.793. The molecule has 0 aliphatic rings. The Labute approximate surface area is 186 Å². The number of nitrogens with one attached hydrogen (secondary N) is 2. The van der Waals surface area contributed by atoms with Crippen LogP contribution in [-0.4, -0.2) is 15.5 Å². The summed E-state index contributed by atoms with van der Waals surface area (Å²) >= 11 is 8.78. The van der Waals surface area contributed by atoms with Crippen LogP contribution in [0.1, 0.15) is 21.5 Å². The zero-order valence-corrected chi connectivity index (χ0v) is 18.3. The minimum atomic E-state index is -0.153. The Morgan fingerprint density at radius 3 is 2.47 bits per heavy atom. The first-order valence-electron chi connectivity index (χ1n) is 9.35. The highest BCUT2D eigenvalue weighted by molar-refractivity contribution is 9.10. The quantitative estimate of drug-likeness (QED) is 0.404. The number of H-pyrrole nitrogens is 1. The van der Waals surface area contributed by atoms with E-state index in [1.807, 2.05) is 54.6 Å². The summed E-state index contributed by atoms with van der Waals surface area (Å²) in [5, 5.41) is 3.47. The lowest BCUT2D eigenvalue weighted by atomic mass is 10.1. The second-order valence-corrected chi connectivity index (χ2v) is 8.18. The van der Waals surface area contributed by atoms with Gasteiger partial charge in [0.25, 0.3) is 11.5 Å². The Hall–Kier alpha value is -3.03. The van der Waals surface area contributed by atoms with Crippen LogP contribution in [0.2, 0.25) is 0 Å². The molecule has 0 aliphatic heterocycles. The van der Waals surface area contributed by atoms with Crippen molar-refractivity contribution >= 4 is 45.0 Å². The molecule has 1 aromatic heterocycles. The number of hydrogen-bond donors (Lipinski definition) is 2. The molecule has 0 saturated carbocycles. The largest absolute Gasteiger partial charge is 0.348 e. The van der Waals surface area contributed by atoms with Crippen LogP contribution in [0.4, 0.5) is 0 Å². The van der Waals surface area contributed by atoms with Crippen LogP contribution in [0.15, 0.2) is 82.1 Å². The maximum atomic E-state index is 12.9. The Morgan fingerprint density at radius 1 is 1.00 bits per heavy atom. The van der Waals surface area contributed by atoms with Crippen molar-refractivity contribution in [3.8, 4) is 0 Å². The average Bonchev–Trinajstić information content (AvgIpc) is 2.77. The average molecular weight is 480 g/mol. The molecule has 0 bridgehead atoms. The topological polar surface area (TPSA) is 66.9 Å². The molecule has 4 rings (SSSR count). The molecule has 5 nitrogen and oxygen atoms in total. The zero-order chi connectivity index (χ0) is 21.1. The molecule has 7 heteroatoms. The summed E-state index contributed by atoms with van der Waals surface area (Å²) in [6.07, 6.45) is 0. The summed E-state index contributed by atoms with van der Waals surface area (Å²) in [7, 11) is 0. The molecule has 3 aromatic carbocycles. The minimum absolute atomic E-state index is 0.143. The fourth-order valence-electron chi connectivity index (χ4n) is 3.19. The summed E-state index contributed by atoms with van der Waals surface area (Å²) in [5.74, 6) is -0.143. The van der Waals surface area contributed by atoms with Gasteiger partial charge in [-0.2, -0.15) is 0 Å². The van der Waals surface area contributed by atoms with Crippen molar-refractivity contribution in [2.24, 2.45) is 0 Å². The summed E-state index contributed by atoms with van der Waals surface area (Å²) in [4.78, 5) is 28.4. The molecule has 0 saturated heterocycles. The smallest absolute Gasteiger partial charge is 0.262 e. The van der Waals surface area contributed by atoms with E-state index < -0.39 is 0 Å². The van der Waals surface area contributed by atoms with Crippen LogP contribution >= 0.6 is 28.1 Å². The summed E-state index contributed by atoms with van der Waals surface area (Å²) in [6, 6.07) is 22.4. The molecule has 0 aliphatic carbocycles. The number of aromatic amines is 1. The first-order chi connectivity index (χ1) is 14.5. The van der Waals surface area contributed by atoms with Gasteiger partial charge in [-0.25, -0.2) is 0 Å². The lowest BCUT2D eigenvalue weighted by Gasteiger charge is -2.10. The van der Waals surface area contributed by atoms with E-state index in [-0.39, 0.29) is 11.5 Å². The lowest BCUT2D eigenvalue weighted by molar-refractivity contribution is 0.0951. The maximum Gasteiger partial charge on any atom is 0.262 e. The van der Waals surface area contributed by atoms with Crippen molar-refractivity contribution in [2.45, 2.75) is 13.1 Å². The second-order valence-electron chi connectivity index (χ2n) is 6.88. The standard InChI is InChI=1S/C23H18BrN3O2S/c24-18-10-11-20-19(12-18)22(29)27(23(30)26-20)14-16-6-8-17(9-7-16)21(28)25-13-15-4-2-1-3-5-15/h1-12H,13-14H2,(H,25,28)(H,26,30). The molecule has 4 aromatic rings. The molecular weight excluding hydrogens is 462 g/mol. The predicted molar refractivity (Wildman–Crippen MR) is 124 cm³/mol. The Kier molecular flexibility index (Phi) is 5.92. The Bertz CT molecular complexity index is 1330. The molecule has 0 radical (unpaired) electrons. The van der Waals surface area contributed by atoms with E-state index in [0.29, 0.717) is 34.3 Å². The van der Waals surface area contributed by atoms with Gasteiger partial charge < -0.3 is 10.3 Å². The van der Waals surface area contributed by atoms with Gasteiger partial charge in [0.1, 0.15) is 0 Å². The number of amides is 1. The van der Waals surface area contributed by atoms with Crippen LogP contribution in [0.5, 0.6) is 0 Å². The fourth-order valence-corrected chi connectivity index (χ4v) is 3.81. The van der Waals surface area contributed by atoms with Gasteiger partial charge in [0.05, 0.1) is 17.4 Å². The molecular formula is C23H18BrN3O2S. The first-order valence-corrected chi connectivity index (χ1v) is 10.5.